The van der Waals surface area contributed by atoms with E-state index in [-0.39, 0.29) is 6.61 Å². The van der Waals surface area contributed by atoms with Crippen molar-refractivity contribution in [3.63, 3.8) is 0 Å². The van der Waals surface area contributed by atoms with Gasteiger partial charge in [0, 0.05) is 22.2 Å². The highest BCUT2D eigenvalue weighted by atomic mass is 35.5. The second-order valence-electron chi connectivity index (χ2n) is 5.13. The van der Waals surface area contributed by atoms with Gasteiger partial charge in [0.15, 0.2) is 0 Å². The largest absolute Gasteiger partial charge is 0.484 e. The molecule has 7 heteroatoms. The Labute approximate surface area is 158 Å². The van der Waals surface area contributed by atoms with E-state index >= 15 is 0 Å². The normalized spacial score (nSPS) is 11.4. The van der Waals surface area contributed by atoms with Crippen molar-refractivity contribution in [2.24, 2.45) is 0 Å². The molecule has 0 unspecified atom stereocenters. The fraction of sp³-hybridized carbons (Fsp3) is 0.111. The lowest BCUT2D eigenvalue weighted by Gasteiger charge is -2.06. The van der Waals surface area contributed by atoms with Crippen LogP contribution in [-0.4, -0.2) is 4.98 Å². The molecule has 0 spiro atoms. The minimum absolute atomic E-state index is 0.216. The predicted octanol–water partition coefficient (Wildman–Crippen LogP) is 5.99. The number of nitriles is 1. The fourth-order valence-corrected chi connectivity index (χ4v) is 3.28. The summed E-state index contributed by atoms with van der Waals surface area (Å²) in [5.41, 5.74) is 1.34. The van der Waals surface area contributed by atoms with E-state index in [9.17, 15) is 5.26 Å². The third-order valence-corrected chi connectivity index (χ3v) is 4.73. The van der Waals surface area contributed by atoms with Gasteiger partial charge >= 0.3 is 0 Å². The molecule has 0 amide bonds. The second kappa shape index (κ2) is 7.75. The molecule has 3 aromatic rings. The number of nitrogens with zero attached hydrogens (tertiary/aromatic N) is 2. The number of thiazole rings is 1. The number of aryl methyl sites for hydroxylation is 1. The molecule has 0 saturated carbocycles. The van der Waals surface area contributed by atoms with Crippen molar-refractivity contribution in [1.29, 1.82) is 5.26 Å². The van der Waals surface area contributed by atoms with Crippen LogP contribution in [0.25, 0.3) is 11.6 Å². The highest BCUT2D eigenvalue weighted by Crippen LogP contribution is 2.28. The van der Waals surface area contributed by atoms with Gasteiger partial charge in [0.25, 0.3) is 0 Å². The first-order valence-electron chi connectivity index (χ1n) is 7.26. The van der Waals surface area contributed by atoms with Crippen LogP contribution in [-0.2, 0) is 6.61 Å². The van der Waals surface area contributed by atoms with Gasteiger partial charge in [-0.1, -0.05) is 23.2 Å². The van der Waals surface area contributed by atoms with Gasteiger partial charge in [-0.2, -0.15) is 5.26 Å². The Morgan fingerprint density at radius 2 is 2.20 bits per heavy atom. The topological polar surface area (TPSA) is 59.0 Å². The van der Waals surface area contributed by atoms with E-state index in [0.29, 0.717) is 37.9 Å². The van der Waals surface area contributed by atoms with Gasteiger partial charge in [-0.05, 0) is 37.3 Å². The maximum Gasteiger partial charge on any atom is 0.146 e. The summed E-state index contributed by atoms with van der Waals surface area (Å²) in [5, 5.41) is 12.9. The Bertz CT molecular complexity index is 970. The van der Waals surface area contributed by atoms with E-state index in [1.165, 1.54) is 11.3 Å². The van der Waals surface area contributed by atoms with Crippen molar-refractivity contribution in [2.45, 2.75) is 13.5 Å². The summed E-state index contributed by atoms with van der Waals surface area (Å²) in [6.07, 6.45) is 1.66. The summed E-state index contributed by atoms with van der Waals surface area (Å²) < 4.78 is 11.3. The van der Waals surface area contributed by atoms with E-state index in [0.717, 1.165) is 5.69 Å². The van der Waals surface area contributed by atoms with Gasteiger partial charge in [-0.3, -0.25) is 0 Å². The molecule has 0 aliphatic rings. The van der Waals surface area contributed by atoms with Crippen LogP contribution in [0.2, 0.25) is 10.0 Å². The zero-order valence-corrected chi connectivity index (χ0v) is 15.5. The molecular formula is C18H12Cl2N2O2S. The number of rotatable bonds is 5. The molecule has 0 aliphatic heterocycles. The molecule has 0 radical (unpaired) electrons. The summed E-state index contributed by atoms with van der Waals surface area (Å²) in [6, 6.07) is 10.7. The Hall–Kier alpha value is -2.26. The number of halogens is 2. The van der Waals surface area contributed by atoms with Gasteiger partial charge in [-0.15, -0.1) is 11.3 Å². The lowest BCUT2D eigenvalue weighted by Crippen LogP contribution is -1.94. The van der Waals surface area contributed by atoms with E-state index in [4.69, 9.17) is 32.4 Å². The van der Waals surface area contributed by atoms with E-state index in [1.54, 1.807) is 36.4 Å². The molecule has 4 nitrogen and oxygen atoms in total. The molecule has 2 heterocycles. The third kappa shape index (κ3) is 4.43. The molecule has 0 aliphatic carbocycles. The number of aromatic nitrogens is 1. The van der Waals surface area contributed by atoms with Crippen LogP contribution in [0.1, 0.15) is 22.2 Å². The molecule has 2 aromatic heterocycles. The molecule has 3 rings (SSSR count). The smallest absolute Gasteiger partial charge is 0.146 e. The second-order valence-corrected chi connectivity index (χ2v) is 6.83. The number of benzene rings is 1. The van der Waals surface area contributed by atoms with Crippen LogP contribution >= 0.6 is 34.5 Å². The minimum atomic E-state index is 0.216. The first kappa shape index (κ1) is 17.6. The number of hydrogen-bond donors (Lipinski definition) is 0. The van der Waals surface area contributed by atoms with Crippen LogP contribution in [0.5, 0.6) is 5.75 Å². The van der Waals surface area contributed by atoms with Gasteiger partial charge in [0.2, 0.25) is 0 Å². The summed E-state index contributed by atoms with van der Waals surface area (Å²) >= 11 is 13.3. The van der Waals surface area contributed by atoms with Crippen molar-refractivity contribution in [3.8, 4) is 11.8 Å². The molecular weight excluding hydrogens is 379 g/mol. The SMILES string of the molecule is Cc1csc(C(C#N)=Cc2ccc(COc3ccc(Cl)cc3Cl)o2)n1. The summed E-state index contributed by atoms with van der Waals surface area (Å²) in [5.74, 6) is 1.70. The molecule has 0 saturated heterocycles. The van der Waals surface area contributed by atoms with E-state index in [1.807, 2.05) is 12.3 Å². The van der Waals surface area contributed by atoms with Gasteiger partial charge in [-0.25, -0.2) is 4.98 Å². The van der Waals surface area contributed by atoms with Gasteiger partial charge < -0.3 is 9.15 Å². The average molecular weight is 391 g/mol. The maximum absolute atomic E-state index is 9.32. The molecule has 0 N–H and O–H groups in total. The zero-order chi connectivity index (χ0) is 17.8. The first-order valence-corrected chi connectivity index (χ1v) is 8.89. The van der Waals surface area contributed by atoms with Crippen LogP contribution in [0.3, 0.4) is 0 Å². The molecule has 0 fully saturated rings. The van der Waals surface area contributed by atoms with Crippen molar-refractivity contribution in [2.75, 3.05) is 0 Å². The summed E-state index contributed by atoms with van der Waals surface area (Å²) in [4.78, 5) is 4.31. The monoisotopic (exact) mass is 390 g/mol. The molecule has 25 heavy (non-hydrogen) atoms. The molecule has 126 valence electrons. The molecule has 0 bridgehead atoms. The lowest BCUT2D eigenvalue weighted by molar-refractivity contribution is 0.269. The summed E-state index contributed by atoms with van der Waals surface area (Å²) in [7, 11) is 0. The summed E-state index contributed by atoms with van der Waals surface area (Å²) in [6.45, 7) is 2.10. The lowest BCUT2D eigenvalue weighted by atomic mass is 10.2. The number of allylic oxidation sites excluding steroid dienone is 1. The standard InChI is InChI=1S/C18H12Cl2N2O2S/c1-11-10-25-18(22-11)12(8-21)6-14-3-4-15(24-14)9-23-17-5-2-13(19)7-16(17)20/h2-7,10H,9H2,1H3. The zero-order valence-electron chi connectivity index (χ0n) is 13.1. The maximum atomic E-state index is 9.32. The van der Waals surface area contributed by atoms with Crippen molar-refractivity contribution >= 4 is 46.2 Å². The molecule has 0 atom stereocenters. The highest BCUT2D eigenvalue weighted by Gasteiger charge is 2.09. The van der Waals surface area contributed by atoms with Crippen LogP contribution < -0.4 is 4.74 Å². The predicted molar refractivity (Wildman–Crippen MR) is 99.8 cm³/mol. The average Bonchev–Trinajstić information content (AvgIpc) is 3.21. The van der Waals surface area contributed by atoms with Crippen molar-refractivity contribution in [3.05, 3.63) is 68.0 Å². The van der Waals surface area contributed by atoms with Gasteiger partial charge in [0.05, 0.1) is 10.6 Å². The highest BCUT2D eigenvalue weighted by molar-refractivity contribution is 7.11. The van der Waals surface area contributed by atoms with Crippen LogP contribution in [0.15, 0.2) is 40.1 Å². The third-order valence-electron chi connectivity index (χ3n) is 3.20. The Kier molecular flexibility index (Phi) is 5.44. The Morgan fingerprint density at radius 3 is 2.88 bits per heavy atom. The molecule has 1 aromatic carbocycles. The van der Waals surface area contributed by atoms with E-state index in [2.05, 4.69) is 11.1 Å². The van der Waals surface area contributed by atoms with Crippen molar-refractivity contribution in [1.82, 2.24) is 4.98 Å². The first-order chi connectivity index (χ1) is 12.0. The van der Waals surface area contributed by atoms with Crippen LogP contribution in [0, 0.1) is 18.3 Å². The number of ether oxygens (including phenoxy) is 1. The number of furan rings is 1. The van der Waals surface area contributed by atoms with E-state index < -0.39 is 0 Å². The van der Waals surface area contributed by atoms with Crippen LogP contribution in [0.4, 0.5) is 0 Å². The Balaban J connectivity index is 1.71. The number of hydrogen-bond acceptors (Lipinski definition) is 5. The van der Waals surface area contributed by atoms with Crippen molar-refractivity contribution < 1.29 is 9.15 Å². The quantitative estimate of drug-likeness (QED) is 0.501. The Morgan fingerprint density at radius 1 is 1.36 bits per heavy atom. The van der Waals surface area contributed by atoms with Gasteiger partial charge in [0.1, 0.15) is 35.0 Å². The fourth-order valence-electron chi connectivity index (χ4n) is 2.05. The minimum Gasteiger partial charge on any atom is -0.484 e.